The first kappa shape index (κ1) is 17.4. The Morgan fingerprint density at radius 2 is 1.93 bits per heavy atom. The highest BCUT2D eigenvalue weighted by Crippen LogP contribution is 2.36. The summed E-state index contributed by atoms with van der Waals surface area (Å²) in [4.78, 5) is 21.7. The van der Waals surface area contributed by atoms with Crippen molar-refractivity contribution in [3.63, 3.8) is 0 Å². The van der Waals surface area contributed by atoms with E-state index in [-0.39, 0.29) is 5.91 Å². The average Bonchev–Trinajstić information content (AvgIpc) is 3.24. The van der Waals surface area contributed by atoms with Gasteiger partial charge in [-0.15, -0.1) is 0 Å². The smallest absolute Gasteiger partial charge is 0.235 e. The van der Waals surface area contributed by atoms with Crippen LogP contribution >= 0.6 is 0 Å². The first-order chi connectivity index (χ1) is 13.2. The van der Waals surface area contributed by atoms with Crippen LogP contribution < -0.4 is 5.32 Å². The molecule has 1 amide bonds. The van der Waals surface area contributed by atoms with Crippen molar-refractivity contribution in [3.05, 3.63) is 72.4 Å². The molecule has 2 aromatic heterocycles. The van der Waals surface area contributed by atoms with Gasteiger partial charge in [-0.1, -0.05) is 29.8 Å². The van der Waals surface area contributed by atoms with Crippen LogP contribution in [0.4, 0.5) is 5.69 Å². The molecule has 0 atom stereocenters. The van der Waals surface area contributed by atoms with Crippen LogP contribution in [0.5, 0.6) is 0 Å². The van der Waals surface area contributed by atoms with Crippen molar-refractivity contribution in [1.82, 2.24) is 14.5 Å². The number of hydrogen-bond acceptors (Lipinski definition) is 4. The zero-order valence-electron chi connectivity index (χ0n) is 15.3. The molecule has 1 fully saturated rings. The summed E-state index contributed by atoms with van der Waals surface area (Å²) in [6, 6.07) is 12.0. The quantitative estimate of drug-likeness (QED) is 0.773. The Morgan fingerprint density at radius 3 is 2.56 bits per heavy atom. The lowest BCUT2D eigenvalue weighted by Crippen LogP contribution is -2.44. The largest absolute Gasteiger partial charge is 0.381 e. The molecule has 138 valence electrons. The van der Waals surface area contributed by atoms with Crippen LogP contribution in [0.1, 0.15) is 24.0 Å². The Morgan fingerprint density at radius 1 is 1.15 bits per heavy atom. The zero-order valence-corrected chi connectivity index (χ0v) is 15.3. The molecule has 6 nitrogen and oxygen atoms in total. The monoisotopic (exact) mass is 362 g/mol. The molecule has 0 unspecified atom stereocenters. The summed E-state index contributed by atoms with van der Waals surface area (Å²) in [6.07, 6.45) is 8.23. The zero-order chi connectivity index (χ0) is 18.7. The Balaban J connectivity index is 1.58. The number of anilines is 1. The van der Waals surface area contributed by atoms with Crippen molar-refractivity contribution >= 4 is 11.6 Å². The van der Waals surface area contributed by atoms with Gasteiger partial charge in [0.1, 0.15) is 12.1 Å². The number of imidazole rings is 1. The lowest BCUT2D eigenvalue weighted by Gasteiger charge is -2.36. The van der Waals surface area contributed by atoms with Gasteiger partial charge in [-0.2, -0.15) is 0 Å². The van der Waals surface area contributed by atoms with Crippen molar-refractivity contribution in [2.24, 2.45) is 0 Å². The minimum atomic E-state index is -0.574. The fourth-order valence-electron chi connectivity index (χ4n) is 3.50. The number of rotatable bonds is 4. The third-order valence-corrected chi connectivity index (χ3v) is 5.16. The molecule has 3 aromatic rings. The van der Waals surface area contributed by atoms with E-state index in [1.54, 1.807) is 18.7 Å². The highest BCUT2D eigenvalue weighted by atomic mass is 16.5. The van der Waals surface area contributed by atoms with Gasteiger partial charge in [0.15, 0.2) is 0 Å². The minimum Gasteiger partial charge on any atom is -0.381 e. The van der Waals surface area contributed by atoms with E-state index < -0.39 is 5.41 Å². The van der Waals surface area contributed by atoms with Crippen molar-refractivity contribution < 1.29 is 9.53 Å². The van der Waals surface area contributed by atoms with Gasteiger partial charge in [0.25, 0.3) is 0 Å². The van der Waals surface area contributed by atoms with E-state index >= 15 is 0 Å². The summed E-state index contributed by atoms with van der Waals surface area (Å²) >= 11 is 0. The molecule has 0 bridgehead atoms. The van der Waals surface area contributed by atoms with Crippen LogP contribution in [0, 0.1) is 6.92 Å². The fourth-order valence-corrected chi connectivity index (χ4v) is 3.50. The Bertz CT molecular complexity index is 896. The molecular formula is C21H22N4O2. The van der Waals surface area contributed by atoms with Gasteiger partial charge in [0, 0.05) is 25.6 Å². The number of aryl methyl sites for hydroxylation is 1. The van der Waals surface area contributed by atoms with Gasteiger partial charge in [-0.25, -0.2) is 9.97 Å². The number of ether oxygens (including phenoxy) is 1. The summed E-state index contributed by atoms with van der Waals surface area (Å²) < 4.78 is 7.34. The van der Waals surface area contributed by atoms with E-state index in [2.05, 4.69) is 39.6 Å². The van der Waals surface area contributed by atoms with E-state index in [4.69, 9.17) is 4.74 Å². The van der Waals surface area contributed by atoms with Gasteiger partial charge < -0.3 is 10.1 Å². The third-order valence-electron chi connectivity index (χ3n) is 5.16. The normalized spacial score (nSPS) is 16.0. The second-order valence-electron chi connectivity index (χ2n) is 6.89. The summed E-state index contributed by atoms with van der Waals surface area (Å²) in [5, 5.41) is 3.06. The molecular weight excluding hydrogens is 340 g/mol. The molecule has 3 heterocycles. The van der Waals surface area contributed by atoms with Crippen LogP contribution in [-0.2, 0) is 14.9 Å². The van der Waals surface area contributed by atoms with Gasteiger partial charge >= 0.3 is 0 Å². The number of amides is 1. The predicted molar refractivity (Wildman–Crippen MR) is 103 cm³/mol. The number of carbonyl (C=O) groups is 1. The number of nitrogens with one attached hydrogen (secondary N) is 1. The van der Waals surface area contributed by atoms with Gasteiger partial charge in [0.05, 0.1) is 17.3 Å². The predicted octanol–water partition coefficient (Wildman–Crippen LogP) is 3.26. The maximum absolute atomic E-state index is 13.3. The number of pyridine rings is 1. The first-order valence-electron chi connectivity index (χ1n) is 9.08. The highest BCUT2D eigenvalue weighted by Gasteiger charge is 2.41. The fraction of sp³-hybridized carbons (Fsp3) is 0.286. The van der Waals surface area contributed by atoms with E-state index in [1.807, 2.05) is 29.8 Å². The molecule has 1 N–H and O–H groups in total. The summed E-state index contributed by atoms with van der Waals surface area (Å²) in [5.74, 6) is 0.747. The van der Waals surface area contributed by atoms with Crippen LogP contribution in [0.25, 0.3) is 5.82 Å². The lowest BCUT2D eigenvalue weighted by molar-refractivity contribution is -0.125. The maximum Gasteiger partial charge on any atom is 0.235 e. The topological polar surface area (TPSA) is 69.0 Å². The molecule has 1 saturated heterocycles. The number of nitrogens with zero attached hydrogens (tertiary/aromatic N) is 3. The third kappa shape index (κ3) is 3.48. The average molecular weight is 362 g/mol. The van der Waals surface area contributed by atoms with Crippen LogP contribution in [0.15, 0.2) is 61.3 Å². The molecule has 1 aromatic carbocycles. The lowest BCUT2D eigenvalue weighted by atomic mass is 9.73. The van der Waals surface area contributed by atoms with Crippen molar-refractivity contribution in [3.8, 4) is 5.82 Å². The van der Waals surface area contributed by atoms with Crippen molar-refractivity contribution in [1.29, 1.82) is 0 Å². The second-order valence-corrected chi connectivity index (χ2v) is 6.89. The molecule has 0 radical (unpaired) electrons. The molecule has 0 spiro atoms. The number of aromatic nitrogens is 3. The minimum absolute atomic E-state index is 0.00756. The Hall–Kier alpha value is -2.99. The van der Waals surface area contributed by atoms with Crippen LogP contribution in [-0.4, -0.2) is 33.7 Å². The number of benzene rings is 1. The molecule has 4 rings (SSSR count). The standard InChI is InChI=1S/C21H22N4O2/c1-16-2-4-17(5-3-16)21(8-12-27-13-9-21)20(26)24-18-6-7-19(23-14-18)25-11-10-22-15-25/h2-7,10-11,14-15H,8-9,12-13H2,1H3,(H,24,26). The Kier molecular flexibility index (Phi) is 4.73. The van der Waals surface area contributed by atoms with Gasteiger partial charge in [-0.05, 0) is 37.5 Å². The maximum atomic E-state index is 13.3. The van der Waals surface area contributed by atoms with E-state index in [9.17, 15) is 4.79 Å². The van der Waals surface area contributed by atoms with Crippen LogP contribution in [0.2, 0.25) is 0 Å². The van der Waals surface area contributed by atoms with Gasteiger partial charge in [0.2, 0.25) is 5.91 Å². The van der Waals surface area contributed by atoms with Crippen molar-refractivity contribution in [2.75, 3.05) is 18.5 Å². The summed E-state index contributed by atoms with van der Waals surface area (Å²) in [6.45, 7) is 3.21. The molecule has 6 heteroatoms. The van der Waals surface area contributed by atoms with E-state index in [0.717, 1.165) is 11.4 Å². The molecule has 27 heavy (non-hydrogen) atoms. The second kappa shape index (κ2) is 7.32. The van der Waals surface area contributed by atoms with Gasteiger partial charge in [-0.3, -0.25) is 9.36 Å². The molecule has 1 aliphatic rings. The van der Waals surface area contributed by atoms with Crippen molar-refractivity contribution in [2.45, 2.75) is 25.2 Å². The Labute approximate surface area is 158 Å². The number of carbonyl (C=O) groups excluding carboxylic acids is 1. The van der Waals surface area contributed by atoms with E-state index in [0.29, 0.717) is 31.7 Å². The highest BCUT2D eigenvalue weighted by molar-refractivity contribution is 5.99. The molecule has 1 aliphatic heterocycles. The first-order valence-corrected chi connectivity index (χ1v) is 9.08. The SMILES string of the molecule is Cc1ccc(C2(C(=O)Nc3ccc(-n4ccnc4)nc3)CCOCC2)cc1. The summed E-state index contributed by atoms with van der Waals surface area (Å²) in [5.41, 5.74) is 2.33. The molecule has 0 saturated carbocycles. The molecule has 0 aliphatic carbocycles. The van der Waals surface area contributed by atoms with E-state index in [1.165, 1.54) is 5.56 Å². The van der Waals surface area contributed by atoms with Crippen LogP contribution in [0.3, 0.4) is 0 Å². The number of hydrogen-bond donors (Lipinski definition) is 1. The summed E-state index contributed by atoms with van der Waals surface area (Å²) in [7, 11) is 0.